The summed E-state index contributed by atoms with van der Waals surface area (Å²) < 4.78 is 0. The molecule has 0 radical (unpaired) electrons. The van der Waals surface area contributed by atoms with Crippen LogP contribution in [0.5, 0.6) is 0 Å². The van der Waals surface area contributed by atoms with Crippen LogP contribution in [0.15, 0.2) is 0 Å². The van der Waals surface area contributed by atoms with Crippen molar-refractivity contribution in [3.63, 3.8) is 0 Å². The topological polar surface area (TPSA) is 38.0 Å². The summed E-state index contributed by atoms with van der Waals surface area (Å²) in [6.45, 7) is 8.97. The Labute approximate surface area is 76.9 Å². The highest BCUT2D eigenvalue weighted by molar-refractivity contribution is 4.71. The Morgan fingerprint density at radius 3 is 2.17 bits per heavy atom. The maximum Gasteiger partial charge on any atom is 0.0238 e. The molecule has 0 aliphatic heterocycles. The molecule has 3 N–H and O–H groups in total. The van der Waals surface area contributed by atoms with Crippen LogP contribution in [0.4, 0.5) is 0 Å². The van der Waals surface area contributed by atoms with Crippen LogP contribution in [0, 0.1) is 11.8 Å². The predicted molar refractivity (Wildman–Crippen MR) is 54.6 cm³/mol. The molecule has 0 saturated heterocycles. The lowest BCUT2D eigenvalue weighted by Gasteiger charge is -2.24. The van der Waals surface area contributed by atoms with Gasteiger partial charge >= 0.3 is 0 Å². The lowest BCUT2D eigenvalue weighted by molar-refractivity contribution is 0.310. The van der Waals surface area contributed by atoms with E-state index in [2.05, 4.69) is 33.1 Å². The highest BCUT2D eigenvalue weighted by atomic mass is 15.2. The third-order valence-electron chi connectivity index (χ3n) is 2.37. The van der Waals surface area contributed by atoms with Crippen LogP contribution in [0.1, 0.15) is 47.0 Å². The van der Waals surface area contributed by atoms with E-state index in [1.165, 1.54) is 19.3 Å². The molecule has 0 bridgehead atoms. The van der Waals surface area contributed by atoms with E-state index in [0.717, 1.165) is 5.92 Å². The molecule has 74 valence electrons. The van der Waals surface area contributed by atoms with E-state index in [-0.39, 0.29) is 0 Å². The maximum absolute atomic E-state index is 5.50. The minimum atomic E-state index is 0.491. The van der Waals surface area contributed by atoms with Gasteiger partial charge < -0.3 is 0 Å². The first-order valence-electron chi connectivity index (χ1n) is 5.07. The summed E-state index contributed by atoms with van der Waals surface area (Å²) in [5.41, 5.74) is 2.92. The van der Waals surface area contributed by atoms with Crippen LogP contribution in [0.25, 0.3) is 0 Å². The van der Waals surface area contributed by atoms with E-state index in [0.29, 0.717) is 12.0 Å². The summed E-state index contributed by atoms with van der Waals surface area (Å²) in [6.07, 6.45) is 3.69. The lowest BCUT2D eigenvalue weighted by atomic mass is 9.91. The van der Waals surface area contributed by atoms with Crippen molar-refractivity contribution in [3.8, 4) is 0 Å². The number of nitrogens with two attached hydrogens (primary N) is 1. The molecule has 0 amide bonds. The molecular formula is C10H24N2. The van der Waals surface area contributed by atoms with Crippen LogP contribution in [0.3, 0.4) is 0 Å². The molecule has 0 aromatic carbocycles. The van der Waals surface area contributed by atoms with E-state index in [4.69, 9.17) is 5.84 Å². The van der Waals surface area contributed by atoms with Crippen molar-refractivity contribution in [2.75, 3.05) is 0 Å². The molecule has 0 aromatic rings. The molecule has 0 aromatic heterocycles. The van der Waals surface area contributed by atoms with Gasteiger partial charge in [-0.15, -0.1) is 0 Å². The number of hydrogen-bond acceptors (Lipinski definition) is 2. The normalized spacial score (nSPS) is 16.5. The molecule has 0 rings (SSSR count). The van der Waals surface area contributed by atoms with Gasteiger partial charge in [0.25, 0.3) is 0 Å². The summed E-state index contributed by atoms with van der Waals surface area (Å²) in [5.74, 6) is 6.93. The molecule has 0 spiro atoms. The van der Waals surface area contributed by atoms with Crippen molar-refractivity contribution in [1.82, 2.24) is 5.43 Å². The summed E-state index contributed by atoms with van der Waals surface area (Å²) in [4.78, 5) is 0. The Bertz CT molecular complexity index is 102. The average Bonchev–Trinajstić information content (AvgIpc) is 2.00. The molecule has 0 aliphatic carbocycles. The van der Waals surface area contributed by atoms with E-state index >= 15 is 0 Å². The van der Waals surface area contributed by atoms with Crippen molar-refractivity contribution >= 4 is 0 Å². The second-order valence-corrected chi connectivity index (χ2v) is 4.17. The predicted octanol–water partition coefficient (Wildman–Crippen LogP) is 2.30. The molecule has 2 heteroatoms. The first kappa shape index (κ1) is 11.9. The SMILES string of the molecule is CCCC(C)C(CC(C)C)NN. The van der Waals surface area contributed by atoms with Gasteiger partial charge in [0.05, 0.1) is 0 Å². The van der Waals surface area contributed by atoms with Gasteiger partial charge in [0, 0.05) is 6.04 Å². The monoisotopic (exact) mass is 172 g/mol. The van der Waals surface area contributed by atoms with Crippen molar-refractivity contribution in [3.05, 3.63) is 0 Å². The zero-order valence-electron chi connectivity index (χ0n) is 8.93. The lowest BCUT2D eigenvalue weighted by Crippen LogP contribution is -2.40. The Kier molecular flexibility index (Phi) is 6.39. The highest BCUT2D eigenvalue weighted by Crippen LogP contribution is 2.16. The minimum absolute atomic E-state index is 0.491. The number of nitrogens with one attached hydrogen (secondary N) is 1. The maximum atomic E-state index is 5.50. The molecular weight excluding hydrogens is 148 g/mol. The Morgan fingerprint density at radius 2 is 1.83 bits per heavy atom. The van der Waals surface area contributed by atoms with Crippen molar-refractivity contribution < 1.29 is 0 Å². The minimum Gasteiger partial charge on any atom is -0.271 e. The number of rotatable bonds is 6. The Balaban J connectivity index is 3.78. The third-order valence-corrected chi connectivity index (χ3v) is 2.37. The molecule has 0 fully saturated rings. The molecule has 2 atom stereocenters. The molecule has 0 saturated carbocycles. The standard InChI is InChI=1S/C10H24N2/c1-5-6-9(4)10(12-11)7-8(2)3/h8-10,12H,5-7,11H2,1-4H3. The second-order valence-electron chi connectivity index (χ2n) is 4.17. The second kappa shape index (κ2) is 6.44. The average molecular weight is 172 g/mol. The van der Waals surface area contributed by atoms with Gasteiger partial charge in [-0.25, -0.2) is 0 Å². The van der Waals surface area contributed by atoms with Crippen molar-refractivity contribution in [2.45, 2.75) is 53.0 Å². The van der Waals surface area contributed by atoms with Gasteiger partial charge in [-0.2, -0.15) is 0 Å². The van der Waals surface area contributed by atoms with Gasteiger partial charge in [0.1, 0.15) is 0 Å². The van der Waals surface area contributed by atoms with Crippen LogP contribution in [-0.4, -0.2) is 6.04 Å². The van der Waals surface area contributed by atoms with Gasteiger partial charge in [-0.1, -0.05) is 34.1 Å². The van der Waals surface area contributed by atoms with Crippen LogP contribution in [-0.2, 0) is 0 Å². The Hall–Kier alpha value is -0.0800. The van der Waals surface area contributed by atoms with Gasteiger partial charge in [0.15, 0.2) is 0 Å². The number of hydrogen-bond donors (Lipinski definition) is 2. The van der Waals surface area contributed by atoms with Gasteiger partial charge in [-0.05, 0) is 24.7 Å². The van der Waals surface area contributed by atoms with E-state index in [1.807, 2.05) is 0 Å². The highest BCUT2D eigenvalue weighted by Gasteiger charge is 2.15. The van der Waals surface area contributed by atoms with Crippen LogP contribution >= 0.6 is 0 Å². The van der Waals surface area contributed by atoms with E-state index < -0.39 is 0 Å². The summed E-state index contributed by atoms with van der Waals surface area (Å²) >= 11 is 0. The summed E-state index contributed by atoms with van der Waals surface area (Å²) in [6, 6.07) is 0.491. The summed E-state index contributed by atoms with van der Waals surface area (Å²) in [5, 5.41) is 0. The largest absolute Gasteiger partial charge is 0.271 e. The van der Waals surface area contributed by atoms with Crippen LogP contribution in [0.2, 0.25) is 0 Å². The number of hydrazine groups is 1. The van der Waals surface area contributed by atoms with E-state index in [9.17, 15) is 0 Å². The van der Waals surface area contributed by atoms with Crippen LogP contribution < -0.4 is 11.3 Å². The smallest absolute Gasteiger partial charge is 0.0238 e. The van der Waals surface area contributed by atoms with Crippen molar-refractivity contribution in [1.29, 1.82) is 0 Å². The summed E-state index contributed by atoms with van der Waals surface area (Å²) in [7, 11) is 0. The fourth-order valence-electron chi connectivity index (χ4n) is 1.63. The quantitative estimate of drug-likeness (QED) is 0.476. The molecule has 12 heavy (non-hydrogen) atoms. The third kappa shape index (κ3) is 4.73. The fraction of sp³-hybridized carbons (Fsp3) is 1.00. The van der Waals surface area contributed by atoms with E-state index in [1.54, 1.807) is 0 Å². The van der Waals surface area contributed by atoms with Crippen molar-refractivity contribution in [2.24, 2.45) is 17.7 Å². The molecule has 0 aliphatic rings. The zero-order chi connectivity index (χ0) is 9.56. The first-order chi connectivity index (χ1) is 5.61. The van der Waals surface area contributed by atoms with Gasteiger partial charge in [-0.3, -0.25) is 11.3 Å². The molecule has 0 heterocycles. The first-order valence-corrected chi connectivity index (χ1v) is 5.07. The molecule has 2 nitrogen and oxygen atoms in total. The fourth-order valence-corrected chi connectivity index (χ4v) is 1.63. The Morgan fingerprint density at radius 1 is 1.25 bits per heavy atom. The molecule has 2 unspecified atom stereocenters. The van der Waals surface area contributed by atoms with Gasteiger partial charge in [0.2, 0.25) is 0 Å². The zero-order valence-corrected chi connectivity index (χ0v) is 8.93.